The first-order valence-corrected chi connectivity index (χ1v) is 8.19. The minimum atomic E-state index is -3.70. The summed E-state index contributed by atoms with van der Waals surface area (Å²) in [5, 5.41) is 0.187. The molecule has 1 aliphatic heterocycles. The molecule has 0 atom stereocenters. The number of halogens is 1. The van der Waals surface area contributed by atoms with Crippen LogP contribution < -0.4 is 4.72 Å². The van der Waals surface area contributed by atoms with Crippen molar-refractivity contribution in [2.24, 2.45) is 0 Å². The van der Waals surface area contributed by atoms with Crippen LogP contribution in [0.25, 0.3) is 0 Å². The second kappa shape index (κ2) is 5.59. The standard InChI is InChI=1S/C13H13ClN4O2S/c14-12-5-7-15-13(16-12)17-21(19,20)18-8-6-10-3-1-2-4-11(10)9-18/h1-5,7H,6,8-9H2,(H,15,16,17). The van der Waals surface area contributed by atoms with Gasteiger partial charge in [0.1, 0.15) is 5.15 Å². The third-order valence-corrected chi connectivity index (χ3v) is 4.92. The number of hydrogen-bond acceptors (Lipinski definition) is 4. The normalized spacial score (nSPS) is 15.5. The summed E-state index contributed by atoms with van der Waals surface area (Å²) < 4.78 is 28.5. The van der Waals surface area contributed by atoms with E-state index in [9.17, 15) is 8.42 Å². The minimum Gasteiger partial charge on any atom is -0.238 e. The fraction of sp³-hybridized carbons (Fsp3) is 0.231. The quantitative estimate of drug-likeness (QED) is 0.874. The van der Waals surface area contributed by atoms with Gasteiger partial charge in [0.15, 0.2) is 0 Å². The van der Waals surface area contributed by atoms with Gasteiger partial charge in [-0.15, -0.1) is 0 Å². The molecule has 1 aromatic carbocycles. The van der Waals surface area contributed by atoms with Crippen molar-refractivity contribution in [2.75, 3.05) is 11.3 Å². The van der Waals surface area contributed by atoms with Gasteiger partial charge in [-0.3, -0.25) is 0 Å². The smallest absolute Gasteiger partial charge is 0.238 e. The molecule has 1 aromatic heterocycles. The Balaban J connectivity index is 1.80. The van der Waals surface area contributed by atoms with Gasteiger partial charge in [0.2, 0.25) is 5.95 Å². The Morgan fingerprint density at radius 3 is 2.71 bits per heavy atom. The van der Waals surface area contributed by atoms with Gasteiger partial charge >= 0.3 is 10.2 Å². The molecule has 2 aromatic rings. The Labute approximate surface area is 128 Å². The Morgan fingerprint density at radius 2 is 1.95 bits per heavy atom. The van der Waals surface area contributed by atoms with Crippen LogP contribution in [0.3, 0.4) is 0 Å². The SMILES string of the molecule is O=S(=O)(Nc1nccc(Cl)n1)N1CCc2ccccc2C1. The molecule has 3 rings (SSSR count). The lowest BCUT2D eigenvalue weighted by molar-refractivity contribution is 0.394. The summed E-state index contributed by atoms with van der Waals surface area (Å²) in [4.78, 5) is 7.69. The maximum absolute atomic E-state index is 12.4. The second-order valence-corrected chi connectivity index (χ2v) is 6.72. The molecule has 0 fully saturated rings. The van der Waals surface area contributed by atoms with E-state index in [0.717, 1.165) is 5.56 Å². The molecule has 0 spiro atoms. The first kappa shape index (κ1) is 14.2. The zero-order chi connectivity index (χ0) is 14.9. The van der Waals surface area contributed by atoms with Crippen LogP contribution in [0.15, 0.2) is 36.5 Å². The average Bonchev–Trinajstić information content (AvgIpc) is 2.46. The summed E-state index contributed by atoms with van der Waals surface area (Å²) >= 11 is 5.73. The van der Waals surface area contributed by atoms with E-state index in [1.54, 1.807) is 0 Å². The molecule has 0 saturated heterocycles. The summed E-state index contributed by atoms with van der Waals surface area (Å²) in [6.45, 7) is 0.763. The highest BCUT2D eigenvalue weighted by Crippen LogP contribution is 2.21. The van der Waals surface area contributed by atoms with Gasteiger partial charge in [-0.2, -0.15) is 12.7 Å². The van der Waals surface area contributed by atoms with Crippen molar-refractivity contribution < 1.29 is 8.42 Å². The Morgan fingerprint density at radius 1 is 1.19 bits per heavy atom. The second-order valence-electron chi connectivity index (χ2n) is 4.66. The number of nitrogens with one attached hydrogen (secondary N) is 1. The number of rotatable bonds is 3. The first-order chi connectivity index (χ1) is 10.0. The molecular weight excluding hydrogens is 312 g/mol. The molecule has 0 saturated carbocycles. The summed E-state index contributed by atoms with van der Waals surface area (Å²) in [6, 6.07) is 9.31. The molecule has 8 heteroatoms. The van der Waals surface area contributed by atoms with Crippen molar-refractivity contribution in [3.05, 3.63) is 52.8 Å². The molecule has 2 heterocycles. The molecule has 0 bridgehead atoms. The fourth-order valence-electron chi connectivity index (χ4n) is 2.24. The van der Waals surface area contributed by atoms with Crippen molar-refractivity contribution in [1.29, 1.82) is 0 Å². The van der Waals surface area contributed by atoms with E-state index in [-0.39, 0.29) is 11.1 Å². The van der Waals surface area contributed by atoms with Gasteiger partial charge < -0.3 is 0 Å². The number of anilines is 1. The minimum absolute atomic E-state index is 0.0265. The molecule has 1 N–H and O–H groups in total. The van der Waals surface area contributed by atoms with E-state index in [2.05, 4.69) is 14.7 Å². The lowest BCUT2D eigenvalue weighted by Gasteiger charge is -2.27. The molecule has 21 heavy (non-hydrogen) atoms. The third kappa shape index (κ3) is 3.15. The van der Waals surface area contributed by atoms with Crippen molar-refractivity contribution in [1.82, 2.24) is 14.3 Å². The highest BCUT2D eigenvalue weighted by Gasteiger charge is 2.27. The molecule has 0 unspecified atom stereocenters. The lowest BCUT2D eigenvalue weighted by atomic mass is 10.0. The molecule has 110 valence electrons. The van der Waals surface area contributed by atoms with Gasteiger partial charge in [-0.1, -0.05) is 35.9 Å². The summed E-state index contributed by atoms with van der Waals surface area (Å²) in [5.74, 6) is -0.0265. The van der Waals surface area contributed by atoms with Gasteiger partial charge in [0.25, 0.3) is 0 Å². The highest BCUT2D eigenvalue weighted by atomic mass is 35.5. The number of benzene rings is 1. The topological polar surface area (TPSA) is 75.2 Å². The van der Waals surface area contributed by atoms with E-state index in [1.165, 1.54) is 22.1 Å². The van der Waals surface area contributed by atoms with Crippen LogP contribution in [0, 0.1) is 0 Å². The van der Waals surface area contributed by atoms with Gasteiger partial charge in [-0.05, 0) is 23.6 Å². The van der Waals surface area contributed by atoms with Crippen LogP contribution in [0.4, 0.5) is 5.95 Å². The highest BCUT2D eigenvalue weighted by molar-refractivity contribution is 7.90. The Bertz CT molecular complexity index is 766. The monoisotopic (exact) mass is 324 g/mol. The van der Waals surface area contributed by atoms with Crippen LogP contribution in [-0.4, -0.2) is 29.2 Å². The lowest BCUT2D eigenvalue weighted by Crippen LogP contribution is -2.39. The summed E-state index contributed by atoms with van der Waals surface area (Å²) in [5.41, 5.74) is 2.20. The van der Waals surface area contributed by atoms with Crippen LogP contribution in [0.2, 0.25) is 5.15 Å². The molecule has 6 nitrogen and oxygen atoms in total. The van der Waals surface area contributed by atoms with E-state index in [1.807, 2.05) is 24.3 Å². The average molecular weight is 325 g/mol. The predicted octanol–water partition coefficient (Wildman–Crippen LogP) is 1.84. The number of fused-ring (bicyclic) bond motifs is 1. The first-order valence-electron chi connectivity index (χ1n) is 6.38. The molecule has 1 aliphatic rings. The maximum atomic E-state index is 12.4. The third-order valence-electron chi connectivity index (χ3n) is 3.28. The van der Waals surface area contributed by atoms with Crippen molar-refractivity contribution in [3.8, 4) is 0 Å². The molecule has 0 radical (unpaired) electrons. The summed E-state index contributed by atoms with van der Waals surface area (Å²) in [7, 11) is -3.70. The number of hydrogen-bond donors (Lipinski definition) is 1. The maximum Gasteiger partial charge on any atom is 0.304 e. The van der Waals surface area contributed by atoms with Crippen molar-refractivity contribution in [2.45, 2.75) is 13.0 Å². The van der Waals surface area contributed by atoms with E-state index in [4.69, 9.17) is 11.6 Å². The van der Waals surface area contributed by atoms with Crippen LogP contribution in [-0.2, 0) is 23.2 Å². The Kier molecular flexibility index (Phi) is 3.79. The molecular formula is C13H13ClN4O2S. The fourth-order valence-corrected chi connectivity index (χ4v) is 3.48. The number of aromatic nitrogens is 2. The Hall–Kier alpha value is -1.70. The summed E-state index contributed by atoms with van der Waals surface area (Å²) in [6.07, 6.45) is 2.09. The van der Waals surface area contributed by atoms with Gasteiger partial charge in [0, 0.05) is 19.3 Å². The van der Waals surface area contributed by atoms with Crippen LogP contribution >= 0.6 is 11.6 Å². The van der Waals surface area contributed by atoms with Crippen molar-refractivity contribution >= 4 is 27.8 Å². The van der Waals surface area contributed by atoms with E-state index >= 15 is 0 Å². The molecule has 0 aliphatic carbocycles. The predicted molar refractivity (Wildman–Crippen MR) is 80.1 cm³/mol. The van der Waals surface area contributed by atoms with E-state index in [0.29, 0.717) is 19.5 Å². The van der Waals surface area contributed by atoms with E-state index < -0.39 is 10.2 Å². The van der Waals surface area contributed by atoms with Crippen molar-refractivity contribution in [3.63, 3.8) is 0 Å². The zero-order valence-electron chi connectivity index (χ0n) is 11.0. The van der Waals surface area contributed by atoms with Crippen LogP contribution in [0.1, 0.15) is 11.1 Å². The molecule has 0 amide bonds. The van der Waals surface area contributed by atoms with Gasteiger partial charge in [-0.25, -0.2) is 14.7 Å². The van der Waals surface area contributed by atoms with Crippen LogP contribution in [0.5, 0.6) is 0 Å². The zero-order valence-corrected chi connectivity index (χ0v) is 12.6. The number of nitrogens with zero attached hydrogens (tertiary/aromatic N) is 3. The van der Waals surface area contributed by atoms with Gasteiger partial charge in [0.05, 0.1) is 0 Å². The largest absolute Gasteiger partial charge is 0.304 e.